The van der Waals surface area contributed by atoms with Crippen LogP contribution in [0.4, 0.5) is 5.69 Å². The number of amides is 2. The summed E-state index contributed by atoms with van der Waals surface area (Å²) in [5.74, 6) is 0.962. The number of benzene rings is 3. The van der Waals surface area contributed by atoms with Crippen LogP contribution in [0.3, 0.4) is 0 Å². The number of anilines is 1. The van der Waals surface area contributed by atoms with Crippen LogP contribution in [0, 0.1) is 11.3 Å². The average molecular weight is 456 g/mol. The number of nitrogens with zero attached hydrogens (tertiary/aromatic N) is 3. The zero-order valence-electron chi connectivity index (χ0n) is 18.0. The number of nitriles is 1. The Hall–Kier alpha value is -3.76. The van der Waals surface area contributed by atoms with E-state index >= 15 is 0 Å². The van der Waals surface area contributed by atoms with Crippen LogP contribution < -0.4 is 9.64 Å². The molecule has 33 heavy (non-hydrogen) atoms. The minimum atomic E-state index is -1.15. The Bertz CT molecular complexity index is 1290. The molecule has 2 aliphatic rings. The first-order valence-corrected chi connectivity index (χ1v) is 11.6. The molecule has 0 aliphatic carbocycles. The fourth-order valence-electron chi connectivity index (χ4n) is 4.54. The van der Waals surface area contributed by atoms with E-state index in [2.05, 4.69) is 6.07 Å². The number of hydrogen-bond donors (Lipinski definition) is 0. The van der Waals surface area contributed by atoms with Gasteiger partial charge in [0.2, 0.25) is 0 Å². The van der Waals surface area contributed by atoms with Crippen LogP contribution in [0.15, 0.2) is 72.8 Å². The summed E-state index contributed by atoms with van der Waals surface area (Å²) in [4.78, 5) is 29.9. The Morgan fingerprint density at radius 2 is 1.94 bits per heavy atom. The molecule has 2 heterocycles. The fourth-order valence-corrected chi connectivity index (χ4v) is 5.99. The zero-order chi connectivity index (χ0) is 23.0. The van der Waals surface area contributed by atoms with E-state index in [9.17, 15) is 14.9 Å². The van der Waals surface area contributed by atoms with Crippen LogP contribution in [-0.2, 0) is 16.2 Å². The van der Waals surface area contributed by atoms with Crippen molar-refractivity contribution >= 4 is 29.3 Å². The van der Waals surface area contributed by atoms with Gasteiger partial charge in [-0.1, -0.05) is 30.3 Å². The fraction of sp³-hybridized carbons (Fsp3) is 0.192. The minimum absolute atomic E-state index is 0.153. The number of rotatable bonds is 4. The Kier molecular flexibility index (Phi) is 5.31. The zero-order valence-corrected chi connectivity index (χ0v) is 18.8. The first kappa shape index (κ1) is 21.1. The van der Waals surface area contributed by atoms with Gasteiger partial charge in [0.25, 0.3) is 11.8 Å². The largest absolute Gasteiger partial charge is 0.497 e. The normalized spacial score (nSPS) is 19.0. The van der Waals surface area contributed by atoms with Crippen molar-refractivity contribution in [1.29, 1.82) is 5.26 Å². The maximum Gasteiger partial charge on any atom is 0.268 e. The second-order valence-electron chi connectivity index (χ2n) is 7.90. The summed E-state index contributed by atoms with van der Waals surface area (Å²) in [5.41, 5.74) is 3.46. The Balaban J connectivity index is 1.61. The van der Waals surface area contributed by atoms with Gasteiger partial charge in [-0.3, -0.25) is 9.59 Å². The van der Waals surface area contributed by atoms with Crippen LogP contribution in [0.5, 0.6) is 5.75 Å². The van der Waals surface area contributed by atoms with E-state index in [4.69, 9.17) is 4.74 Å². The molecule has 2 amide bonds. The summed E-state index contributed by atoms with van der Waals surface area (Å²) >= 11 is 1.48. The molecule has 6 nitrogen and oxygen atoms in total. The SMILES string of the molecule is COc1ccc2c(c1)[C@@]1(SCCN1C(=O)c1ccccc1)C(=O)N2Cc1cccc(C#N)c1. The van der Waals surface area contributed by atoms with Gasteiger partial charge in [-0.15, -0.1) is 11.8 Å². The van der Waals surface area contributed by atoms with Crippen LogP contribution >= 0.6 is 11.8 Å². The van der Waals surface area contributed by atoms with Gasteiger partial charge in [-0.05, 0) is 48.0 Å². The number of thioether (sulfide) groups is 1. The lowest BCUT2D eigenvalue weighted by Crippen LogP contribution is -2.50. The minimum Gasteiger partial charge on any atom is -0.497 e. The van der Waals surface area contributed by atoms with Crippen molar-refractivity contribution in [1.82, 2.24) is 4.90 Å². The van der Waals surface area contributed by atoms with Gasteiger partial charge in [0, 0.05) is 23.4 Å². The van der Waals surface area contributed by atoms with Crippen molar-refractivity contribution in [2.75, 3.05) is 24.3 Å². The molecule has 0 unspecified atom stereocenters. The number of methoxy groups -OCH3 is 1. The molecular weight excluding hydrogens is 434 g/mol. The van der Waals surface area contributed by atoms with Crippen molar-refractivity contribution in [2.45, 2.75) is 11.4 Å². The van der Waals surface area contributed by atoms with E-state index in [0.29, 0.717) is 35.7 Å². The molecule has 1 spiro atoms. The molecule has 0 radical (unpaired) electrons. The van der Waals surface area contributed by atoms with Crippen LogP contribution in [-0.4, -0.2) is 36.1 Å². The van der Waals surface area contributed by atoms with Gasteiger partial charge in [-0.2, -0.15) is 5.26 Å². The van der Waals surface area contributed by atoms with E-state index in [1.54, 1.807) is 41.2 Å². The van der Waals surface area contributed by atoms with Gasteiger partial charge in [0.1, 0.15) is 5.75 Å². The van der Waals surface area contributed by atoms with E-state index in [1.807, 2.05) is 48.5 Å². The smallest absolute Gasteiger partial charge is 0.268 e. The van der Waals surface area contributed by atoms with Crippen molar-refractivity contribution in [3.05, 3.63) is 95.1 Å². The molecule has 0 N–H and O–H groups in total. The third-order valence-corrected chi connectivity index (χ3v) is 7.48. The molecular formula is C26H21N3O3S. The molecule has 0 aromatic heterocycles. The van der Waals surface area contributed by atoms with E-state index in [1.165, 1.54) is 11.8 Å². The van der Waals surface area contributed by atoms with Crippen LogP contribution in [0.2, 0.25) is 0 Å². The monoisotopic (exact) mass is 455 g/mol. The molecule has 0 bridgehead atoms. The van der Waals surface area contributed by atoms with Crippen molar-refractivity contribution in [2.24, 2.45) is 0 Å². The molecule has 3 aromatic rings. The van der Waals surface area contributed by atoms with Crippen molar-refractivity contribution in [3.8, 4) is 11.8 Å². The Morgan fingerprint density at radius 3 is 2.70 bits per heavy atom. The van der Waals surface area contributed by atoms with Gasteiger partial charge >= 0.3 is 0 Å². The van der Waals surface area contributed by atoms with Gasteiger partial charge in [0.15, 0.2) is 4.87 Å². The molecule has 0 saturated carbocycles. The molecule has 1 atom stereocenters. The lowest BCUT2D eigenvalue weighted by Gasteiger charge is -2.33. The van der Waals surface area contributed by atoms with E-state index in [0.717, 1.165) is 16.8 Å². The summed E-state index contributed by atoms with van der Waals surface area (Å²) < 4.78 is 5.46. The standard InChI is InChI=1S/C26H21N3O3S/c1-32-21-10-11-23-22(15-21)26(25(31)28(23)17-19-7-5-6-18(14-19)16-27)29(12-13-33-26)24(30)20-8-3-2-4-9-20/h2-11,14-15H,12-13,17H2,1H3/t26-/m1/s1. The topological polar surface area (TPSA) is 73.6 Å². The summed E-state index contributed by atoms with van der Waals surface area (Å²) in [7, 11) is 1.59. The summed E-state index contributed by atoms with van der Waals surface area (Å²) in [6.45, 7) is 0.780. The summed E-state index contributed by atoms with van der Waals surface area (Å²) in [5, 5.41) is 9.27. The van der Waals surface area contributed by atoms with Crippen LogP contribution in [0.25, 0.3) is 0 Å². The first-order valence-electron chi connectivity index (χ1n) is 10.6. The molecule has 1 fully saturated rings. The van der Waals surface area contributed by atoms with E-state index < -0.39 is 4.87 Å². The molecule has 5 rings (SSSR count). The molecule has 7 heteroatoms. The molecule has 164 valence electrons. The predicted octanol–water partition coefficient (Wildman–Crippen LogP) is 4.16. The predicted molar refractivity (Wildman–Crippen MR) is 127 cm³/mol. The summed E-state index contributed by atoms with van der Waals surface area (Å²) in [6, 6.07) is 24.0. The van der Waals surface area contributed by atoms with E-state index in [-0.39, 0.29) is 11.8 Å². The number of fused-ring (bicyclic) bond motifs is 2. The van der Waals surface area contributed by atoms with Crippen molar-refractivity contribution in [3.63, 3.8) is 0 Å². The summed E-state index contributed by atoms with van der Waals surface area (Å²) in [6.07, 6.45) is 0. The Labute approximate surface area is 196 Å². The first-order chi connectivity index (χ1) is 16.1. The molecule has 3 aromatic carbocycles. The highest BCUT2D eigenvalue weighted by Crippen LogP contribution is 2.55. The lowest BCUT2D eigenvalue weighted by molar-refractivity contribution is -0.123. The quantitative estimate of drug-likeness (QED) is 0.591. The van der Waals surface area contributed by atoms with Gasteiger partial charge in [0.05, 0.1) is 31.0 Å². The highest BCUT2D eigenvalue weighted by atomic mass is 32.2. The maximum atomic E-state index is 14.1. The molecule has 1 saturated heterocycles. The third kappa shape index (κ3) is 3.35. The Morgan fingerprint density at radius 1 is 1.12 bits per heavy atom. The number of ether oxygens (including phenoxy) is 1. The second-order valence-corrected chi connectivity index (χ2v) is 9.19. The number of hydrogen-bond acceptors (Lipinski definition) is 5. The number of carbonyl (C=O) groups is 2. The number of carbonyl (C=O) groups excluding carboxylic acids is 2. The second kappa shape index (κ2) is 8.30. The van der Waals surface area contributed by atoms with Crippen LogP contribution in [0.1, 0.15) is 27.0 Å². The van der Waals surface area contributed by atoms with Gasteiger partial charge in [-0.25, -0.2) is 0 Å². The lowest BCUT2D eigenvalue weighted by atomic mass is 10.0. The average Bonchev–Trinajstić information content (AvgIpc) is 3.41. The molecule has 2 aliphatic heterocycles. The maximum absolute atomic E-state index is 14.1. The highest BCUT2D eigenvalue weighted by Gasteiger charge is 2.59. The highest BCUT2D eigenvalue weighted by molar-refractivity contribution is 8.01. The van der Waals surface area contributed by atoms with Gasteiger partial charge < -0.3 is 14.5 Å². The third-order valence-electron chi connectivity index (χ3n) is 6.06. The van der Waals surface area contributed by atoms with Crippen molar-refractivity contribution < 1.29 is 14.3 Å².